The fourth-order valence-electron chi connectivity index (χ4n) is 1.06. The number of nitrogens with one attached hydrogen (secondary N) is 1. The van der Waals surface area contributed by atoms with Gasteiger partial charge in [0.25, 0.3) is 5.91 Å². The van der Waals surface area contributed by atoms with Crippen LogP contribution in [0.3, 0.4) is 0 Å². The van der Waals surface area contributed by atoms with Crippen molar-refractivity contribution >= 4 is 23.1 Å². The van der Waals surface area contributed by atoms with Crippen molar-refractivity contribution in [1.29, 1.82) is 0 Å². The van der Waals surface area contributed by atoms with E-state index in [0.29, 0.717) is 4.88 Å². The van der Waals surface area contributed by atoms with Crippen LogP contribution >= 0.6 is 11.3 Å². The maximum atomic E-state index is 12.7. The highest BCUT2D eigenvalue weighted by atomic mass is 32.1. The fraction of sp³-hybridized carbons (Fsp3) is 0. The summed E-state index contributed by atoms with van der Waals surface area (Å²) in [6, 6.07) is 7.72. The Morgan fingerprint density at radius 2 is 2.20 bits per heavy atom. The molecule has 2 rings (SSSR count). The maximum absolute atomic E-state index is 12.7. The number of aromatic nitrogens is 1. The number of rotatable bonds is 2. The molecular formula is C10H7FN2OS. The van der Waals surface area contributed by atoms with Gasteiger partial charge in [0, 0.05) is 0 Å². The van der Waals surface area contributed by atoms with E-state index in [9.17, 15) is 9.18 Å². The molecule has 15 heavy (non-hydrogen) atoms. The number of anilines is 1. The van der Waals surface area contributed by atoms with Crippen LogP contribution in [0.2, 0.25) is 0 Å². The summed E-state index contributed by atoms with van der Waals surface area (Å²) in [5.74, 6) is -0.671. The molecule has 0 aliphatic rings. The molecule has 2 aromatic rings. The minimum absolute atomic E-state index is 0.216. The smallest absolute Gasteiger partial charge is 0.266 e. The number of thiophene rings is 1. The summed E-state index contributed by atoms with van der Waals surface area (Å²) in [5.41, 5.74) is 0. The Bertz CT molecular complexity index is 470. The number of pyridine rings is 1. The van der Waals surface area contributed by atoms with Crippen molar-refractivity contribution in [3.63, 3.8) is 0 Å². The van der Waals surface area contributed by atoms with Crippen LogP contribution in [0.15, 0.2) is 35.7 Å². The summed E-state index contributed by atoms with van der Waals surface area (Å²) in [6.45, 7) is 0. The first-order valence-corrected chi connectivity index (χ1v) is 5.11. The topological polar surface area (TPSA) is 42.0 Å². The molecule has 0 fully saturated rings. The fourth-order valence-corrected chi connectivity index (χ4v) is 1.68. The molecule has 2 heterocycles. The first-order valence-electron chi connectivity index (χ1n) is 4.23. The van der Waals surface area contributed by atoms with Crippen LogP contribution < -0.4 is 5.32 Å². The zero-order chi connectivity index (χ0) is 10.7. The normalized spacial score (nSPS) is 9.93. The highest BCUT2D eigenvalue weighted by Crippen LogP contribution is 2.11. The summed E-state index contributed by atoms with van der Waals surface area (Å²) < 4.78 is 12.7. The van der Waals surface area contributed by atoms with Crippen LogP contribution in [0.25, 0.3) is 0 Å². The van der Waals surface area contributed by atoms with Gasteiger partial charge in [0.05, 0.1) is 4.88 Å². The lowest BCUT2D eigenvalue weighted by Gasteiger charge is -2.01. The highest BCUT2D eigenvalue weighted by molar-refractivity contribution is 7.12. The number of carbonyl (C=O) groups is 1. The number of carbonyl (C=O) groups excluding carboxylic acids is 1. The molecule has 1 N–H and O–H groups in total. The van der Waals surface area contributed by atoms with E-state index in [-0.39, 0.29) is 11.7 Å². The summed E-state index contributed by atoms with van der Waals surface area (Å²) in [6.07, 6.45) is 0. The van der Waals surface area contributed by atoms with Crippen LogP contribution in [-0.4, -0.2) is 10.9 Å². The minimum atomic E-state index is -0.612. The molecule has 2 aromatic heterocycles. The third-order valence-corrected chi connectivity index (χ3v) is 2.57. The van der Waals surface area contributed by atoms with Crippen molar-refractivity contribution in [3.8, 4) is 0 Å². The summed E-state index contributed by atoms with van der Waals surface area (Å²) >= 11 is 1.32. The Balaban J connectivity index is 2.13. The van der Waals surface area contributed by atoms with Crippen molar-refractivity contribution in [2.45, 2.75) is 0 Å². The lowest BCUT2D eigenvalue weighted by atomic mass is 10.4. The predicted octanol–water partition coefficient (Wildman–Crippen LogP) is 2.53. The number of hydrogen-bond donors (Lipinski definition) is 1. The third kappa shape index (κ3) is 2.38. The molecular weight excluding hydrogens is 215 g/mol. The van der Waals surface area contributed by atoms with Gasteiger partial charge in [-0.15, -0.1) is 11.3 Å². The molecule has 0 unspecified atom stereocenters. The average Bonchev–Trinajstić information content (AvgIpc) is 2.70. The Morgan fingerprint density at radius 3 is 2.87 bits per heavy atom. The first-order chi connectivity index (χ1) is 7.25. The van der Waals surface area contributed by atoms with Gasteiger partial charge in [-0.2, -0.15) is 4.39 Å². The monoisotopic (exact) mass is 222 g/mol. The SMILES string of the molecule is O=C(Nc1cccc(F)n1)c1cccs1. The van der Waals surface area contributed by atoms with Crippen LogP contribution in [0, 0.1) is 5.95 Å². The molecule has 5 heteroatoms. The number of nitrogens with zero attached hydrogens (tertiary/aromatic N) is 1. The molecule has 0 bridgehead atoms. The Kier molecular flexibility index (Phi) is 2.73. The maximum Gasteiger partial charge on any atom is 0.266 e. The van der Waals surface area contributed by atoms with Gasteiger partial charge in [-0.05, 0) is 23.6 Å². The van der Waals surface area contributed by atoms with E-state index in [1.54, 1.807) is 17.5 Å². The summed E-state index contributed by atoms with van der Waals surface area (Å²) in [4.78, 5) is 15.6. The molecule has 76 valence electrons. The third-order valence-electron chi connectivity index (χ3n) is 1.70. The van der Waals surface area contributed by atoms with Gasteiger partial charge in [-0.25, -0.2) is 4.98 Å². The van der Waals surface area contributed by atoms with E-state index >= 15 is 0 Å². The molecule has 0 radical (unpaired) electrons. The van der Waals surface area contributed by atoms with Crippen LogP contribution in [0.5, 0.6) is 0 Å². The predicted molar refractivity (Wildman–Crippen MR) is 56.5 cm³/mol. The van der Waals surface area contributed by atoms with Crippen molar-refractivity contribution in [1.82, 2.24) is 4.98 Å². The van der Waals surface area contributed by atoms with Gasteiger partial charge in [-0.1, -0.05) is 12.1 Å². The van der Waals surface area contributed by atoms with Gasteiger partial charge >= 0.3 is 0 Å². The second-order valence-electron chi connectivity index (χ2n) is 2.78. The van der Waals surface area contributed by atoms with E-state index in [0.717, 1.165) is 0 Å². The molecule has 0 spiro atoms. The van der Waals surface area contributed by atoms with Crippen LogP contribution in [0.4, 0.5) is 10.2 Å². The first kappa shape index (κ1) is 9.79. The molecule has 0 saturated heterocycles. The van der Waals surface area contributed by atoms with E-state index < -0.39 is 5.95 Å². The zero-order valence-corrected chi connectivity index (χ0v) is 8.42. The van der Waals surface area contributed by atoms with Crippen molar-refractivity contribution in [2.75, 3.05) is 5.32 Å². The Morgan fingerprint density at radius 1 is 1.33 bits per heavy atom. The van der Waals surface area contributed by atoms with Gasteiger partial charge in [0.15, 0.2) is 0 Å². The van der Waals surface area contributed by atoms with Crippen LogP contribution in [-0.2, 0) is 0 Å². The number of halogens is 1. The van der Waals surface area contributed by atoms with Gasteiger partial charge in [0.1, 0.15) is 5.82 Å². The average molecular weight is 222 g/mol. The van der Waals surface area contributed by atoms with Crippen molar-refractivity contribution in [3.05, 3.63) is 46.5 Å². The van der Waals surface area contributed by atoms with Gasteiger partial charge in [-0.3, -0.25) is 4.79 Å². The molecule has 1 amide bonds. The van der Waals surface area contributed by atoms with Gasteiger partial charge in [0.2, 0.25) is 5.95 Å². The van der Waals surface area contributed by atoms with Gasteiger partial charge < -0.3 is 5.32 Å². The van der Waals surface area contributed by atoms with Crippen LogP contribution in [0.1, 0.15) is 9.67 Å². The Hall–Kier alpha value is -1.75. The summed E-state index contributed by atoms with van der Waals surface area (Å²) in [5, 5.41) is 4.31. The minimum Gasteiger partial charge on any atom is -0.306 e. The summed E-state index contributed by atoms with van der Waals surface area (Å²) in [7, 11) is 0. The highest BCUT2D eigenvalue weighted by Gasteiger charge is 2.07. The quantitative estimate of drug-likeness (QED) is 0.793. The zero-order valence-electron chi connectivity index (χ0n) is 7.61. The number of hydrogen-bond acceptors (Lipinski definition) is 3. The molecule has 0 aromatic carbocycles. The molecule has 0 saturated carbocycles. The second kappa shape index (κ2) is 4.18. The molecule has 0 aliphatic heterocycles. The standard InChI is InChI=1S/C10H7FN2OS/c11-8-4-1-5-9(12-8)13-10(14)7-3-2-6-15-7/h1-6H,(H,12,13,14). The number of amides is 1. The second-order valence-corrected chi connectivity index (χ2v) is 3.72. The van der Waals surface area contributed by atoms with Crippen molar-refractivity contribution < 1.29 is 9.18 Å². The Labute approximate surface area is 89.6 Å². The van der Waals surface area contributed by atoms with E-state index in [1.807, 2.05) is 0 Å². The molecule has 0 atom stereocenters. The molecule has 3 nitrogen and oxygen atoms in total. The van der Waals surface area contributed by atoms with Crippen molar-refractivity contribution in [2.24, 2.45) is 0 Å². The largest absolute Gasteiger partial charge is 0.306 e. The lowest BCUT2D eigenvalue weighted by Crippen LogP contribution is -2.11. The van der Waals surface area contributed by atoms with E-state index in [1.165, 1.54) is 29.5 Å². The molecule has 0 aliphatic carbocycles. The van der Waals surface area contributed by atoms with E-state index in [2.05, 4.69) is 10.3 Å². The lowest BCUT2D eigenvalue weighted by molar-refractivity contribution is 0.103. The van der Waals surface area contributed by atoms with E-state index in [4.69, 9.17) is 0 Å².